The highest BCUT2D eigenvalue weighted by molar-refractivity contribution is 7.12. The van der Waals surface area contributed by atoms with E-state index in [-0.39, 0.29) is 23.9 Å². The number of nitrogens with zero attached hydrogens (tertiary/aromatic N) is 2. The maximum atomic E-state index is 13.0. The van der Waals surface area contributed by atoms with Gasteiger partial charge in [0.25, 0.3) is 11.8 Å². The zero-order chi connectivity index (χ0) is 19.8. The highest BCUT2D eigenvalue weighted by Crippen LogP contribution is 2.31. The molecule has 3 heterocycles. The molecule has 0 spiro atoms. The third-order valence-electron chi connectivity index (χ3n) is 5.44. The summed E-state index contributed by atoms with van der Waals surface area (Å²) in [6, 6.07) is 10.3. The van der Waals surface area contributed by atoms with Crippen molar-refractivity contribution in [3.63, 3.8) is 0 Å². The van der Waals surface area contributed by atoms with Crippen molar-refractivity contribution in [1.82, 2.24) is 10.2 Å². The lowest BCUT2D eigenvalue weighted by molar-refractivity contribution is -0.120. The summed E-state index contributed by atoms with van der Waals surface area (Å²) in [6.07, 6.45) is 1.09. The van der Waals surface area contributed by atoms with Crippen LogP contribution in [0.1, 0.15) is 47.8 Å². The summed E-state index contributed by atoms with van der Waals surface area (Å²) in [5, 5.41) is 4.87. The molecule has 2 aliphatic rings. The van der Waals surface area contributed by atoms with Crippen LogP contribution in [0, 0.1) is 0 Å². The lowest BCUT2D eigenvalue weighted by Crippen LogP contribution is -2.49. The molecule has 6 nitrogen and oxygen atoms in total. The first-order chi connectivity index (χ1) is 13.5. The van der Waals surface area contributed by atoms with E-state index in [0.717, 1.165) is 5.56 Å². The predicted molar refractivity (Wildman–Crippen MR) is 109 cm³/mol. The molecule has 1 aromatic carbocycles. The summed E-state index contributed by atoms with van der Waals surface area (Å²) in [7, 11) is 0. The molecule has 2 aliphatic heterocycles. The highest BCUT2D eigenvalue weighted by atomic mass is 32.1. The predicted octanol–water partition coefficient (Wildman–Crippen LogP) is 3.60. The van der Waals surface area contributed by atoms with Crippen LogP contribution in [-0.2, 0) is 4.79 Å². The smallest absolute Gasteiger partial charge is 0.332 e. The van der Waals surface area contributed by atoms with E-state index in [4.69, 9.17) is 0 Å². The van der Waals surface area contributed by atoms with Crippen molar-refractivity contribution in [2.45, 2.75) is 44.7 Å². The maximum Gasteiger partial charge on any atom is 0.332 e. The van der Waals surface area contributed by atoms with Gasteiger partial charge in [-0.05, 0) is 47.9 Å². The monoisotopic (exact) mass is 397 g/mol. The maximum absolute atomic E-state index is 13.0. The zero-order valence-corrected chi connectivity index (χ0v) is 16.7. The number of fused-ring (bicyclic) bond motifs is 1. The molecule has 0 aliphatic carbocycles. The van der Waals surface area contributed by atoms with Crippen LogP contribution >= 0.6 is 11.3 Å². The van der Waals surface area contributed by atoms with Gasteiger partial charge in [0.15, 0.2) is 0 Å². The first-order valence-corrected chi connectivity index (χ1v) is 10.4. The van der Waals surface area contributed by atoms with E-state index in [0.29, 0.717) is 35.9 Å². The fourth-order valence-electron chi connectivity index (χ4n) is 3.84. The molecule has 1 aromatic heterocycles. The summed E-state index contributed by atoms with van der Waals surface area (Å²) in [4.78, 5) is 41.7. The van der Waals surface area contributed by atoms with Gasteiger partial charge in [-0.1, -0.05) is 32.0 Å². The number of hydrogen-bond donors (Lipinski definition) is 1. The fourth-order valence-corrected chi connectivity index (χ4v) is 4.47. The quantitative estimate of drug-likeness (QED) is 0.802. The van der Waals surface area contributed by atoms with Gasteiger partial charge >= 0.3 is 6.03 Å². The van der Waals surface area contributed by atoms with Gasteiger partial charge in [0, 0.05) is 12.6 Å². The Kier molecular flexibility index (Phi) is 4.93. The van der Waals surface area contributed by atoms with Gasteiger partial charge in [-0.25, -0.2) is 9.69 Å². The molecule has 2 atom stereocenters. The molecule has 1 N–H and O–H groups in total. The van der Waals surface area contributed by atoms with Gasteiger partial charge in [-0.15, -0.1) is 11.3 Å². The van der Waals surface area contributed by atoms with Crippen LogP contribution in [0.2, 0.25) is 0 Å². The standard InChI is InChI=1S/C21H23N3O3S/c1-13(2)14-5-7-16(8-6-14)24-20(26)17-12-15(9-10-23(17)21(24)27)22-19(25)18-4-3-11-28-18/h3-8,11,13,15,17H,9-10,12H2,1-2H3,(H,22,25)/t15-,17-/m0/s1. The Bertz CT molecular complexity index is 892. The molecule has 4 amide bonds. The Hall–Kier alpha value is -2.67. The number of anilines is 1. The number of imide groups is 1. The van der Waals surface area contributed by atoms with E-state index in [1.165, 1.54) is 16.2 Å². The van der Waals surface area contributed by atoms with Gasteiger partial charge in [0.1, 0.15) is 6.04 Å². The molecule has 0 radical (unpaired) electrons. The number of benzene rings is 1. The number of carbonyl (C=O) groups is 3. The minimum Gasteiger partial charge on any atom is -0.348 e. The normalized spacial score (nSPS) is 22.0. The van der Waals surface area contributed by atoms with Gasteiger partial charge in [-0.2, -0.15) is 0 Å². The third kappa shape index (κ3) is 3.30. The molecule has 2 fully saturated rings. The summed E-state index contributed by atoms with van der Waals surface area (Å²) in [5.41, 5.74) is 1.77. The molecule has 4 rings (SSSR count). The Morgan fingerprint density at radius 3 is 2.57 bits per heavy atom. The lowest BCUT2D eigenvalue weighted by Gasteiger charge is -2.32. The van der Waals surface area contributed by atoms with Crippen molar-refractivity contribution in [3.05, 3.63) is 52.2 Å². The number of hydrogen-bond acceptors (Lipinski definition) is 4. The Morgan fingerprint density at radius 2 is 1.93 bits per heavy atom. The molecule has 2 saturated heterocycles. The summed E-state index contributed by atoms with van der Waals surface area (Å²) < 4.78 is 0. The first kappa shape index (κ1) is 18.7. The number of piperidine rings is 1. The van der Waals surface area contributed by atoms with E-state index in [1.54, 1.807) is 11.0 Å². The molecule has 28 heavy (non-hydrogen) atoms. The second kappa shape index (κ2) is 7.39. The number of urea groups is 1. The fraction of sp³-hybridized carbons (Fsp3) is 0.381. The van der Waals surface area contributed by atoms with E-state index in [9.17, 15) is 14.4 Å². The van der Waals surface area contributed by atoms with Gasteiger partial charge < -0.3 is 10.2 Å². The Labute approximate surface area is 168 Å². The molecule has 0 unspecified atom stereocenters. The van der Waals surface area contributed by atoms with Crippen LogP contribution in [0.3, 0.4) is 0 Å². The Morgan fingerprint density at radius 1 is 1.18 bits per heavy atom. The lowest BCUT2D eigenvalue weighted by atomic mass is 9.98. The van der Waals surface area contributed by atoms with Crippen LogP contribution < -0.4 is 10.2 Å². The van der Waals surface area contributed by atoms with Gasteiger partial charge in [0.05, 0.1) is 10.6 Å². The van der Waals surface area contributed by atoms with E-state index >= 15 is 0 Å². The van der Waals surface area contributed by atoms with Crippen LogP contribution in [0.4, 0.5) is 10.5 Å². The van der Waals surface area contributed by atoms with Gasteiger partial charge in [0.2, 0.25) is 0 Å². The minimum absolute atomic E-state index is 0.115. The molecule has 2 aromatic rings. The van der Waals surface area contributed by atoms with Crippen molar-refractivity contribution in [1.29, 1.82) is 0 Å². The van der Waals surface area contributed by atoms with Crippen LogP contribution in [0.25, 0.3) is 0 Å². The largest absolute Gasteiger partial charge is 0.348 e. The number of thiophene rings is 1. The molecule has 0 bridgehead atoms. The number of carbonyl (C=O) groups excluding carboxylic acids is 3. The van der Waals surface area contributed by atoms with Crippen molar-refractivity contribution < 1.29 is 14.4 Å². The van der Waals surface area contributed by atoms with E-state index < -0.39 is 6.04 Å². The van der Waals surface area contributed by atoms with Crippen molar-refractivity contribution in [2.75, 3.05) is 11.4 Å². The van der Waals surface area contributed by atoms with E-state index in [2.05, 4.69) is 19.2 Å². The average molecular weight is 398 g/mol. The number of amides is 4. The highest BCUT2D eigenvalue weighted by Gasteiger charge is 2.48. The second-order valence-electron chi connectivity index (χ2n) is 7.58. The van der Waals surface area contributed by atoms with E-state index in [1.807, 2.05) is 35.7 Å². The van der Waals surface area contributed by atoms with Crippen molar-refractivity contribution >= 4 is 34.9 Å². The number of rotatable bonds is 4. The molecule has 7 heteroatoms. The van der Waals surface area contributed by atoms with Gasteiger partial charge in [-0.3, -0.25) is 9.59 Å². The molecular formula is C21H23N3O3S. The molecular weight excluding hydrogens is 374 g/mol. The SMILES string of the molecule is CC(C)c1ccc(N2C(=O)[C@@H]3C[C@@H](NC(=O)c4cccs4)CCN3C2=O)cc1. The third-order valence-corrected chi connectivity index (χ3v) is 6.31. The second-order valence-corrected chi connectivity index (χ2v) is 8.53. The van der Waals surface area contributed by atoms with Crippen molar-refractivity contribution in [3.8, 4) is 0 Å². The van der Waals surface area contributed by atoms with Crippen LogP contribution in [0.5, 0.6) is 0 Å². The zero-order valence-electron chi connectivity index (χ0n) is 15.9. The van der Waals surface area contributed by atoms with Crippen LogP contribution in [0.15, 0.2) is 41.8 Å². The average Bonchev–Trinajstić information content (AvgIpc) is 3.30. The summed E-state index contributed by atoms with van der Waals surface area (Å²) in [5.74, 6) is 0.0572. The van der Waals surface area contributed by atoms with Crippen molar-refractivity contribution in [2.24, 2.45) is 0 Å². The topological polar surface area (TPSA) is 69.7 Å². The summed E-state index contributed by atoms with van der Waals surface area (Å²) >= 11 is 1.39. The Balaban J connectivity index is 1.48. The summed E-state index contributed by atoms with van der Waals surface area (Å²) in [6.45, 7) is 4.67. The number of nitrogens with one attached hydrogen (secondary N) is 1. The van der Waals surface area contributed by atoms with Crippen LogP contribution in [-0.4, -0.2) is 41.4 Å². The molecule has 0 saturated carbocycles. The minimum atomic E-state index is -0.514. The molecule has 146 valence electrons. The first-order valence-electron chi connectivity index (χ1n) is 9.54.